The van der Waals surface area contributed by atoms with Gasteiger partial charge in [0, 0.05) is 5.56 Å². The predicted molar refractivity (Wildman–Crippen MR) is 66.4 cm³/mol. The summed E-state index contributed by atoms with van der Waals surface area (Å²) < 4.78 is 13.5. The van der Waals surface area contributed by atoms with E-state index in [2.05, 4.69) is 5.32 Å². The van der Waals surface area contributed by atoms with Gasteiger partial charge in [-0.1, -0.05) is 13.8 Å². The molecule has 98 valence electrons. The second-order valence-corrected chi connectivity index (χ2v) is 4.32. The van der Waals surface area contributed by atoms with Gasteiger partial charge >= 0.3 is 0 Å². The third-order valence-corrected chi connectivity index (χ3v) is 2.53. The minimum Gasteiger partial charge on any atom is -0.366 e. The molecule has 5 nitrogen and oxygen atoms in total. The highest BCUT2D eigenvalue weighted by Gasteiger charge is 2.19. The molecule has 0 aliphatic rings. The number of hydrogen-bond donors (Lipinski definition) is 3. The van der Waals surface area contributed by atoms with Crippen molar-refractivity contribution in [2.24, 2.45) is 17.4 Å². The number of nitrogens with one attached hydrogen (secondary N) is 1. The Morgan fingerprint density at radius 3 is 2.44 bits per heavy atom. The molecule has 0 saturated heterocycles. The van der Waals surface area contributed by atoms with E-state index in [4.69, 9.17) is 11.5 Å². The Bertz CT molecular complexity index is 474. The molecular weight excluding hydrogens is 237 g/mol. The summed E-state index contributed by atoms with van der Waals surface area (Å²) in [5, 5.41) is 2.34. The monoisotopic (exact) mass is 253 g/mol. The quantitative estimate of drug-likeness (QED) is 0.741. The molecule has 0 aliphatic heterocycles. The Kier molecular flexibility index (Phi) is 4.38. The summed E-state index contributed by atoms with van der Waals surface area (Å²) in [5.41, 5.74) is 10.7. The van der Waals surface area contributed by atoms with Crippen molar-refractivity contribution in [2.75, 3.05) is 5.32 Å². The van der Waals surface area contributed by atoms with Gasteiger partial charge in [0.2, 0.25) is 11.8 Å². The van der Waals surface area contributed by atoms with Crippen molar-refractivity contribution >= 4 is 17.5 Å². The van der Waals surface area contributed by atoms with Crippen LogP contribution in [0.15, 0.2) is 18.2 Å². The largest absolute Gasteiger partial charge is 0.366 e. The maximum absolute atomic E-state index is 13.5. The summed E-state index contributed by atoms with van der Waals surface area (Å²) >= 11 is 0. The van der Waals surface area contributed by atoms with E-state index in [1.54, 1.807) is 13.8 Å². The van der Waals surface area contributed by atoms with Crippen molar-refractivity contribution in [1.29, 1.82) is 0 Å². The van der Waals surface area contributed by atoms with E-state index in [0.717, 1.165) is 6.07 Å². The molecule has 18 heavy (non-hydrogen) atoms. The third kappa shape index (κ3) is 3.27. The smallest absolute Gasteiger partial charge is 0.248 e. The first-order chi connectivity index (χ1) is 8.32. The summed E-state index contributed by atoms with van der Waals surface area (Å²) in [5.74, 6) is -1.93. The molecule has 6 heteroatoms. The second kappa shape index (κ2) is 5.59. The fraction of sp³-hybridized carbons (Fsp3) is 0.333. The van der Waals surface area contributed by atoms with Crippen LogP contribution in [0.4, 0.5) is 10.1 Å². The van der Waals surface area contributed by atoms with Gasteiger partial charge in [0.25, 0.3) is 0 Å². The summed E-state index contributed by atoms with van der Waals surface area (Å²) in [4.78, 5) is 22.6. The number of nitrogens with two attached hydrogens (primary N) is 2. The highest BCUT2D eigenvalue weighted by atomic mass is 19.1. The highest BCUT2D eigenvalue weighted by molar-refractivity contribution is 5.98. The Hall–Kier alpha value is -1.95. The van der Waals surface area contributed by atoms with Gasteiger partial charge in [-0.05, 0) is 24.1 Å². The van der Waals surface area contributed by atoms with E-state index in [1.807, 2.05) is 0 Å². The van der Waals surface area contributed by atoms with Crippen molar-refractivity contribution in [3.63, 3.8) is 0 Å². The van der Waals surface area contributed by atoms with Crippen LogP contribution in [0, 0.1) is 11.7 Å². The fourth-order valence-corrected chi connectivity index (χ4v) is 1.29. The summed E-state index contributed by atoms with van der Waals surface area (Å²) in [7, 11) is 0. The zero-order valence-electron chi connectivity index (χ0n) is 10.2. The summed E-state index contributed by atoms with van der Waals surface area (Å²) in [6, 6.07) is 2.75. The van der Waals surface area contributed by atoms with E-state index in [9.17, 15) is 14.0 Å². The molecule has 1 aromatic carbocycles. The average Bonchev–Trinajstić information content (AvgIpc) is 2.30. The lowest BCUT2D eigenvalue weighted by molar-refractivity contribution is -0.118. The summed E-state index contributed by atoms with van der Waals surface area (Å²) in [6.07, 6.45) is 0. The lowest BCUT2D eigenvalue weighted by atomic mass is 10.0. The molecule has 1 rings (SSSR count). The van der Waals surface area contributed by atoms with Crippen LogP contribution in [0.5, 0.6) is 0 Å². The van der Waals surface area contributed by atoms with Gasteiger partial charge in [-0.15, -0.1) is 0 Å². The number of hydrogen-bond acceptors (Lipinski definition) is 3. The zero-order chi connectivity index (χ0) is 13.9. The first-order valence-corrected chi connectivity index (χ1v) is 5.48. The minimum atomic E-state index is -0.748. The number of amides is 2. The Morgan fingerprint density at radius 2 is 1.94 bits per heavy atom. The molecule has 2 amide bonds. The number of anilines is 1. The maximum Gasteiger partial charge on any atom is 0.248 e. The molecule has 0 aromatic heterocycles. The molecular formula is C12H16FN3O2. The first kappa shape index (κ1) is 14.1. The molecule has 1 atom stereocenters. The van der Waals surface area contributed by atoms with Crippen molar-refractivity contribution in [1.82, 2.24) is 0 Å². The molecule has 0 saturated carbocycles. The molecule has 5 N–H and O–H groups in total. The number of carbonyl (C=O) groups is 2. The van der Waals surface area contributed by atoms with E-state index < -0.39 is 23.7 Å². The fourth-order valence-electron chi connectivity index (χ4n) is 1.29. The standard InChI is InChI=1S/C12H16FN3O2/c1-6(2)10(14)12(18)16-9-5-7(11(15)17)3-4-8(9)13/h3-6,10H,14H2,1-2H3,(H2,15,17)(H,16,18). The SMILES string of the molecule is CC(C)C(N)C(=O)Nc1cc(C(N)=O)ccc1F. The molecule has 1 aromatic rings. The van der Waals surface area contributed by atoms with Gasteiger partial charge in [-0.2, -0.15) is 0 Å². The topological polar surface area (TPSA) is 98.2 Å². The van der Waals surface area contributed by atoms with Crippen molar-refractivity contribution < 1.29 is 14.0 Å². The average molecular weight is 253 g/mol. The molecule has 0 radical (unpaired) electrons. The van der Waals surface area contributed by atoms with Gasteiger partial charge in [-0.3, -0.25) is 9.59 Å². The predicted octanol–water partition coefficient (Wildman–Crippen LogP) is 0.846. The minimum absolute atomic E-state index is 0.0765. The molecule has 0 aliphatic carbocycles. The van der Waals surface area contributed by atoms with Crippen LogP contribution in [0.1, 0.15) is 24.2 Å². The van der Waals surface area contributed by atoms with Gasteiger partial charge in [0.05, 0.1) is 11.7 Å². The van der Waals surface area contributed by atoms with Crippen LogP contribution in [-0.4, -0.2) is 17.9 Å². The van der Waals surface area contributed by atoms with Crippen LogP contribution >= 0.6 is 0 Å². The van der Waals surface area contributed by atoms with Gasteiger partial charge < -0.3 is 16.8 Å². The van der Waals surface area contributed by atoms with Crippen LogP contribution in [0.2, 0.25) is 0 Å². The van der Waals surface area contributed by atoms with Crippen molar-refractivity contribution in [3.05, 3.63) is 29.6 Å². The number of rotatable bonds is 4. The number of primary amides is 1. The highest BCUT2D eigenvalue weighted by Crippen LogP contribution is 2.16. The van der Waals surface area contributed by atoms with E-state index >= 15 is 0 Å². The first-order valence-electron chi connectivity index (χ1n) is 5.48. The summed E-state index contributed by atoms with van der Waals surface area (Å²) in [6.45, 7) is 3.56. The lowest BCUT2D eigenvalue weighted by Gasteiger charge is -2.15. The van der Waals surface area contributed by atoms with Crippen LogP contribution in [-0.2, 0) is 4.79 Å². The zero-order valence-corrected chi connectivity index (χ0v) is 10.2. The number of halogens is 1. The normalized spacial score (nSPS) is 12.3. The van der Waals surface area contributed by atoms with Crippen molar-refractivity contribution in [3.8, 4) is 0 Å². The molecule has 0 fully saturated rings. The van der Waals surface area contributed by atoms with E-state index in [1.165, 1.54) is 12.1 Å². The van der Waals surface area contributed by atoms with Gasteiger partial charge in [-0.25, -0.2) is 4.39 Å². The molecule has 0 heterocycles. The van der Waals surface area contributed by atoms with Crippen LogP contribution in [0.25, 0.3) is 0 Å². The molecule has 0 spiro atoms. The number of carbonyl (C=O) groups excluding carboxylic acids is 2. The van der Waals surface area contributed by atoms with Gasteiger partial charge in [0.1, 0.15) is 5.82 Å². The van der Waals surface area contributed by atoms with Crippen LogP contribution in [0.3, 0.4) is 0 Å². The third-order valence-electron chi connectivity index (χ3n) is 2.53. The Morgan fingerprint density at radius 1 is 1.33 bits per heavy atom. The molecule has 0 bridgehead atoms. The Labute approximate surface area is 104 Å². The lowest BCUT2D eigenvalue weighted by Crippen LogP contribution is -2.40. The molecule has 1 unspecified atom stereocenters. The van der Waals surface area contributed by atoms with Gasteiger partial charge in [0.15, 0.2) is 0 Å². The maximum atomic E-state index is 13.5. The van der Waals surface area contributed by atoms with Crippen LogP contribution < -0.4 is 16.8 Å². The van der Waals surface area contributed by atoms with E-state index in [0.29, 0.717) is 0 Å². The van der Waals surface area contributed by atoms with Crippen molar-refractivity contribution in [2.45, 2.75) is 19.9 Å². The van der Waals surface area contributed by atoms with E-state index in [-0.39, 0.29) is 17.2 Å². The Balaban J connectivity index is 2.93. The number of benzene rings is 1. The second-order valence-electron chi connectivity index (χ2n) is 4.32.